The number of likely N-dealkylation sites (tertiary alicyclic amines) is 1. The Morgan fingerprint density at radius 1 is 1.17 bits per heavy atom. The maximum atomic E-state index is 11.9. The van der Waals surface area contributed by atoms with Gasteiger partial charge in [-0.3, -0.25) is 9.59 Å². The molecule has 2 saturated heterocycles. The van der Waals surface area contributed by atoms with Crippen molar-refractivity contribution in [3.63, 3.8) is 0 Å². The van der Waals surface area contributed by atoms with Gasteiger partial charge in [-0.05, 0) is 32.1 Å². The molecule has 0 spiro atoms. The molecule has 5 nitrogen and oxygen atoms in total. The fraction of sp³-hybridized carbons (Fsp3) is 0.846. The topological polar surface area (TPSA) is 58.6 Å². The third kappa shape index (κ3) is 2.51. The Morgan fingerprint density at radius 3 is 2.67 bits per heavy atom. The van der Waals surface area contributed by atoms with Crippen molar-refractivity contribution in [3.8, 4) is 0 Å². The summed E-state index contributed by atoms with van der Waals surface area (Å²) in [6, 6.07) is 0.115. The predicted molar refractivity (Wildman–Crippen MR) is 64.8 cm³/mol. The Kier molecular flexibility index (Phi) is 3.24. The van der Waals surface area contributed by atoms with E-state index in [1.54, 1.807) is 0 Å². The molecule has 2 amide bonds. The number of carbonyl (C=O) groups excluding carboxylic acids is 2. The van der Waals surface area contributed by atoms with Crippen molar-refractivity contribution in [3.05, 3.63) is 0 Å². The van der Waals surface area contributed by atoms with Crippen LogP contribution in [0.25, 0.3) is 0 Å². The summed E-state index contributed by atoms with van der Waals surface area (Å²) in [6.07, 6.45) is 4.48. The van der Waals surface area contributed by atoms with Gasteiger partial charge in [0.2, 0.25) is 11.8 Å². The molecule has 1 saturated carbocycles. The van der Waals surface area contributed by atoms with E-state index in [0.717, 1.165) is 38.6 Å². The van der Waals surface area contributed by atoms with Crippen LogP contribution in [0.4, 0.5) is 0 Å². The normalized spacial score (nSPS) is 31.7. The van der Waals surface area contributed by atoms with Gasteiger partial charge in [0.1, 0.15) is 6.10 Å². The molecule has 0 aromatic rings. The lowest BCUT2D eigenvalue weighted by Crippen LogP contribution is -2.43. The number of carbonyl (C=O) groups is 2. The van der Waals surface area contributed by atoms with E-state index in [4.69, 9.17) is 4.74 Å². The average molecular weight is 252 g/mol. The van der Waals surface area contributed by atoms with Crippen LogP contribution in [0.1, 0.15) is 32.1 Å². The standard InChI is InChI=1S/C13H20N2O3/c16-12(11-2-1-7-18-11)14-10-5-6-15(8-10)13(17)9-3-4-9/h9-11H,1-8H2,(H,14,16). The second-order valence-corrected chi connectivity index (χ2v) is 5.55. The van der Waals surface area contributed by atoms with E-state index in [0.29, 0.717) is 13.2 Å². The Hall–Kier alpha value is -1.10. The van der Waals surface area contributed by atoms with Crippen molar-refractivity contribution in [2.24, 2.45) is 5.92 Å². The lowest BCUT2D eigenvalue weighted by Gasteiger charge is -2.18. The van der Waals surface area contributed by atoms with Crippen LogP contribution in [-0.4, -0.2) is 48.6 Å². The van der Waals surface area contributed by atoms with Gasteiger partial charge < -0.3 is 15.0 Å². The predicted octanol–water partition coefficient (Wildman–Crippen LogP) is 0.292. The molecule has 3 fully saturated rings. The van der Waals surface area contributed by atoms with Crippen LogP contribution >= 0.6 is 0 Å². The fourth-order valence-corrected chi connectivity index (χ4v) is 2.75. The molecule has 3 aliphatic rings. The summed E-state index contributed by atoms with van der Waals surface area (Å²) in [5.74, 6) is 0.555. The summed E-state index contributed by atoms with van der Waals surface area (Å²) < 4.78 is 5.35. The summed E-state index contributed by atoms with van der Waals surface area (Å²) in [5.41, 5.74) is 0. The lowest BCUT2D eigenvalue weighted by molar-refractivity contribution is -0.133. The van der Waals surface area contributed by atoms with E-state index in [9.17, 15) is 9.59 Å². The summed E-state index contributed by atoms with van der Waals surface area (Å²) in [7, 11) is 0. The molecular formula is C13H20N2O3. The van der Waals surface area contributed by atoms with Crippen LogP contribution in [0.3, 0.4) is 0 Å². The number of rotatable bonds is 3. The van der Waals surface area contributed by atoms with E-state index < -0.39 is 0 Å². The second-order valence-electron chi connectivity index (χ2n) is 5.55. The summed E-state index contributed by atoms with van der Waals surface area (Å²) in [4.78, 5) is 25.7. The molecule has 100 valence electrons. The van der Waals surface area contributed by atoms with Crippen molar-refractivity contribution in [2.75, 3.05) is 19.7 Å². The van der Waals surface area contributed by atoms with Crippen molar-refractivity contribution in [1.29, 1.82) is 0 Å². The molecule has 2 aliphatic heterocycles. The van der Waals surface area contributed by atoms with Gasteiger partial charge in [-0.25, -0.2) is 0 Å². The SMILES string of the molecule is O=C(NC1CCN(C(=O)C2CC2)C1)C1CCCO1. The largest absolute Gasteiger partial charge is 0.368 e. The van der Waals surface area contributed by atoms with E-state index in [1.807, 2.05) is 4.90 Å². The van der Waals surface area contributed by atoms with Crippen molar-refractivity contribution >= 4 is 11.8 Å². The molecule has 1 N–H and O–H groups in total. The van der Waals surface area contributed by atoms with Gasteiger partial charge in [0.15, 0.2) is 0 Å². The first-order valence-electron chi connectivity index (χ1n) is 6.95. The third-order valence-corrected chi connectivity index (χ3v) is 4.00. The van der Waals surface area contributed by atoms with Crippen LogP contribution in [0, 0.1) is 5.92 Å². The Labute approximate surface area is 107 Å². The zero-order valence-electron chi connectivity index (χ0n) is 10.6. The second kappa shape index (κ2) is 4.88. The quantitative estimate of drug-likeness (QED) is 0.785. The summed E-state index contributed by atoms with van der Waals surface area (Å²) in [5, 5.41) is 3.01. The van der Waals surface area contributed by atoms with E-state index in [1.165, 1.54) is 0 Å². The molecule has 2 unspecified atom stereocenters. The molecule has 1 aliphatic carbocycles. The maximum Gasteiger partial charge on any atom is 0.249 e. The minimum atomic E-state index is -0.266. The fourth-order valence-electron chi connectivity index (χ4n) is 2.75. The highest BCUT2D eigenvalue weighted by Crippen LogP contribution is 2.32. The first-order chi connectivity index (χ1) is 8.74. The third-order valence-electron chi connectivity index (χ3n) is 4.00. The van der Waals surface area contributed by atoms with E-state index in [-0.39, 0.29) is 29.9 Å². The first-order valence-corrected chi connectivity index (χ1v) is 6.95. The van der Waals surface area contributed by atoms with Crippen molar-refractivity contribution in [1.82, 2.24) is 10.2 Å². The highest BCUT2D eigenvalue weighted by Gasteiger charge is 2.37. The highest BCUT2D eigenvalue weighted by molar-refractivity contribution is 5.83. The van der Waals surface area contributed by atoms with Gasteiger partial charge in [-0.15, -0.1) is 0 Å². The van der Waals surface area contributed by atoms with Gasteiger partial charge in [0.05, 0.1) is 0 Å². The number of hydrogen-bond acceptors (Lipinski definition) is 3. The molecular weight excluding hydrogens is 232 g/mol. The van der Waals surface area contributed by atoms with E-state index >= 15 is 0 Å². The Bertz CT molecular complexity index is 348. The van der Waals surface area contributed by atoms with Gasteiger partial charge in [0, 0.05) is 31.7 Å². The van der Waals surface area contributed by atoms with E-state index in [2.05, 4.69) is 5.32 Å². The number of ether oxygens (including phenoxy) is 1. The number of hydrogen-bond donors (Lipinski definition) is 1. The molecule has 2 heterocycles. The van der Waals surface area contributed by atoms with Gasteiger partial charge in [-0.1, -0.05) is 0 Å². The minimum absolute atomic E-state index is 0.00165. The molecule has 0 aromatic heterocycles. The van der Waals surface area contributed by atoms with Gasteiger partial charge >= 0.3 is 0 Å². The number of nitrogens with zero attached hydrogens (tertiary/aromatic N) is 1. The smallest absolute Gasteiger partial charge is 0.249 e. The summed E-state index contributed by atoms with van der Waals surface area (Å²) in [6.45, 7) is 2.15. The molecule has 18 heavy (non-hydrogen) atoms. The van der Waals surface area contributed by atoms with Crippen molar-refractivity contribution in [2.45, 2.75) is 44.2 Å². The van der Waals surface area contributed by atoms with Crippen LogP contribution in [-0.2, 0) is 14.3 Å². The van der Waals surface area contributed by atoms with Crippen LogP contribution < -0.4 is 5.32 Å². The summed E-state index contributed by atoms with van der Waals surface area (Å²) >= 11 is 0. The lowest BCUT2D eigenvalue weighted by atomic mass is 10.2. The first kappa shape index (κ1) is 12.0. The van der Waals surface area contributed by atoms with Gasteiger partial charge in [0.25, 0.3) is 0 Å². The zero-order valence-corrected chi connectivity index (χ0v) is 10.6. The van der Waals surface area contributed by atoms with Crippen LogP contribution in [0.15, 0.2) is 0 Å². The van der Waals surface area contributed by atoms with Gasteiger partial charge in [-0.2, -0.15) is 0 Å². The monoisotopic (exact) mass is 252 g/mol. The Balaban J connectivity index is 1.46. The van der Waals surface area contributed by atoms with Crippen LogP contribution in [0.5, 0.6) is 0 Å². The Morgan fingerprint density at radius 2 is 2.00 bits per heavy atom. The number of nitrogens with one attached hydrogen (secondary N) is 1. The van der Waals surface area contributed by atoms with Crippen LogP contribution in [0.2, 0.25) is 0 Å². The molecule has 0 aromatic carbocycles. The molecule has 0 bridgehead atoms. The molecule has 3 rings (SSSR count). The molecule has 0 radical (unpaired) electrons. The molecule has 5 heteroatoms. The van der Waals surface area contributed by atoms with Crippen molar-refractivity contribution < 1.29 is 14.3 Å². The minimum Gasteiger partial charge on any atom is -0.368 e. The maximum absolute atomic E-state index is 11.9. The molecule has 2 atom stereocenters. The average Bonchev–Trinajstić information content (AvgIpc) is 2.90. The zero-order chi connectivity index (χ0) is 12.5. The number of amides is 2. The highest BCUT2D eigenvalue weighted by atomic mass is 16.5.